The Kier molecular flexibility index (Phi) is 2.20. The summed E-state index contributed by atoms with van der Waals surface area (Å²) in [6.07, 6.45) is 0. The SMILES string of the molecule is C[Si](C)(C)c1cc2c3cccc4c5cc6ccccc6c6c(c1)c2n(c34)c56. The van der Waals surface area contributed by atoms with E-state index in [0.29, 0.717) is 0 Å². The average molecular weight is 362 g/mol. The highest BCUT2D eigenvalue weighted by Gasteiger charge is 2.27. The number of fused-ring (bicyclic) bond motifs is 5. The molecule has 0 spiro atoms. The standard InChI is InChI=1S/C25H19NSi/c1-27(2,3)15-12-20-18-10-6-9-17-19-11-14-7-4-5-8-16(14)22-21(13-15)24(20)26(23(17)18)25(19)22/h4-13H,1-3H3. The Balaban J connectivity index is 1.95. The summed E-state index contributed by atoms with van der Waals surface area (Å²) in [7, 11) is -1.42. The molecule has 0 amide bonds. The van der Waals surface area contributed by atoms with Gasteiger partial charge in [0.25, 0.3) is 0 Å². The molecule has 3 aromatic heterocycles. The number of hydrogen-bond donors (Lipinski definition) is 0. The molecule has 27 heavy (non-hydrogen) atoms. The summed E-state index contributed by atoms with van der Waals surface area (Å²) in [5.74, 6) is 0. The average Bonchev–Trinajstić information content (AvgIpc) is 3.28. The minimum absolute atomic E-state index is 1.35. The monoisotopic (exact) mass is 361 g/mol. The van der Waals surface area contributed by atoms with Crippen molar-refractivity contribution in [3.8, 4) is 0 Å². The summed E-state index contributed by atoms with van der Waals surface area (Å²) in [5.41, 5.74) is 4.24. The van der Waals surface area contributed by atoms with Gasteiger partial charge in [0.2, 0.25) is 0 Å². The maximum Gasteiger partial charge on any atom is 0.0776 e. The van der Waals surface area contributed by atoms with E-state index in [0.717, 1.165) is 0 Å². The number of rotatable bonds is 1. The van der Waals surface area contributed by atoms with Crippen LogP contribution in [0, 0.1) is 0 Å². The van der Waals surface area contributed by atoms with Crippen molar-refractivity contribution < 1.29 is 0 Å². The second-order valence-electron chi connectivity index (χ2n) is 9.08. The molecule has 0 saturated heterocycles. The van der Waals surface area contributed by atoms with E-state index in [4.69, 9.17) is 0 Å². The second kappa shape index (κ2) is 4.18. The van der Waals surface area contributed by atoms with Crippen molar-refractivity contribution in [1.29, 1.82) is 0 Å². The zero-order valence-corrected chi connectivity index (χ0v) is 16.7. The fraction of sp³-hybridized carbons (Fsp3) is 0.120. The first-order chi connectivity index (χ1) is 13.0. The van der Waals surface area contributed by atoms with Gasteiger partial charge in [-0.1, -0.05) is 79.4 Å². The van der Waals surface area contributed by atoms with E-state index in [2.05, 4.69) is 84.7 Å². The number of benzene rings is 4. The van der Waals surface area contributed by atoms with Gasteiger partial charge in [0.05, 0.1) is 24.6 Å². The first-order valence-corrected chi connectivity index (χ1v) is 13.2. The molecule has 0 N–H and O–H groups in total. The van der Waals surface area contributed by atoms with Crippen LogP contribution in [0.15, 0.2) is 60.7 Å². The van der Waals surface area contributed by atoms with Gasteiger partial charge < -0.3 is 4.40 Å². The first-order valence-electron chi connectivity index (χ1n) is 9.72. The normalized spacial score (nSPS) is 13.7. The van der Waals surface area contributed by atoms with E-state index in [1.165, 1.54) is 59.6 Å². The van der Waals surface area contributed by atoms with Crippen LogP contribution in [0.25, 0.3) is 59.6 Å². The zero-order chi connectivity index (χ0) is 18.1. The lowest BCUT2D eigenvalue weighted by atomic mass is 10.0. The molecule has 7 rings (SSSR count). The van der Waals surface area contributed by atoms with Gasteiger partial charge in [0.15, 0.2) is 0 Å². The minimum Gasteiger partial charge on any atom is -0.307 e. The third-order valence-corrected chi connectivity index (χ3v) is 8.58. The first kappa shape index (κ1) is 14.2. The van der Waals surface area contributed by atoms with E-state index in [9.17, 15) is 0 Å². The van der Waals surface area contributed by atoms with Crippen LogP contribution < -0.4 is 5.19 Å². The lowest BCUT2D eigenvalue weighted by Crippen LogP contribution is -2.37. The second-order valence-corrected chi connectivity index (χ2v) is 14.2. The van der Waals surface area contributed by atoms with E-state index in [-0.39, 0.29) is 0 Å². The van der Waals surface area contributed by atoms with Crippen LogP contribution in [0.3, 0.4) is 0 Å². The minimum atomic E-state index is -1.42. The molecule has 4 aromatic carbocycles. The van der Waals surface area contributed by atoms with Gasteiger partial charge in [-0.25, -0.2) is 0 Å². The largest absolute Gasteiger partial charge is 0.307 e. The maximum absolute atomic E-state index is 2.56. The quantitative estimate of drug-likeness (QED) is 0.292. The van der Waals surface area contributed by atoms with Gasteiger partial charge >= 0.3 is 0 Å². The van der Waals surface area contributed by atoms with E-state index < -0.39 is 8.07 Å². The summed E-state index contributed by atoms with van der Waals surface area (Å²) in [6, 6.07) is 23.1. The molecule has 7 aromatic rings. The highest BCUT2D eigenvalue weighted by molar-refractivity contribution is 6.89. The molecule has 0 aliphatic rings. The molecular formula is C25H19NSi. The fourth-order valence-corrected chi connectivity index (χ4v) is 6.46. The van der Waals surface area contributed by atoms with Crippen LogP contribution in [0.1, 0.15) is 0 Å². The lowest BCUT2D eigenvalue weighted by molar-refractivity contribution is 1.41. The number of aromatic nitrogens is 1. The van der Waals surface area contributed by atoms with Crippen LogP contribution in [-0.4, -0.2) is 12.5 Å². The Bertz CT molecular complexity index is 1640. The smallest absolute Gasteiger partial charge is 0.0776 e. The van der Waals surface area contributed by atoms with Gasteiger partial charge in [-0.15, -0.1) is 0 Å². The molecule has 0 fully saturated rings. The van der Waals surface area contributed by atoms with Crippen molar-refractivity contribution in [3.05, 3.63) is 60.7 Å². The maximum atomic E-state index is 2.56. The Morgan fingerprint density at radius 1 is 0.593 bits per heavy atom. The zero-order valence-electron chi connectivity index (χ0n) is 15.7. The lowest BCUT2D eigenvalue weighted by Gasteiger charge is -2.17. The van der Waals surface area contributed by atoms with Gasteiger partial charge in [0, 0.05) is 32.3 Å². The third kappa shape index (κ3) is 1.46. The number of nitrogens with zero attached hydrogens (tertiary/aromatic N) is 1. The van der Waals surface area contributed by atoms with Gasteiger partial charge in [-0.3, -0.25) is 0 Å². The van der Waals surface area contributed by atoms with Crippen molar-refractivity contribution in [3.63, 3.8) is 0 Å². The van der Waals surface area contributed by atoms with Crippen LogP contribution in [0.5, 0.6) is 0 Å². The highest BCUT2D eigenvalue weighted by Crippen LogP contribution is 2.48. The molecule has 0 bridgehead atoms. The van der Waals surface area contributed by atoms with Crippen LogP contribution in [0.4, 0.5) is 0 Å². The summed E-state index contributed by atoms with van der Waals surface area (Å²) < 4.78 is 2.56. The van der Waals surface area contributed by atoms with Gasteiger partial charge in [-0.05, 0) is 16.8 Å². The Hall–Kier alpha value is -2.84. The Morgan fingerprint density at radius 2 is 1.22 bits per heavy atom. The van der Waals surface area contributed by atoms with Gasteiger partial charge in [0.1, 0.15) is 0 Å². The molecule has 1 nitrogen and oxygen atoms in total. The fourth-order valence-electron chi connectivity index (χ4n) is 5.31. The van der Waals surface area contributed by atoms with Crippen molar-refractivity contribution in [1.82, 2.24) is 4.40 Å². The molecular weight excluding hydrogens is 342 g/mol. The summed E-state index contributed by atoms with van der Waals surface area (Å²) >= 11 is 0. The summed E-state index contributed by atoms with van der Waals surface area (Å²) in [5, 5.41) is 12.8. The van der Waals surface area contributed by atoms with Crippen molar-refractivity contribution in [2.24, 2.45) is 0 Å². The Labute approximate surface area is 157 Å². The van der Waals surface area contributed by atoms with E-state index in [1.54, 1.807) is 5.19 Å². The molecule has 0 saturated carbocycles. The van der Waals surface area contributed by atoms with Crippen LogP contribution in [-0.2, 0) is 0 Å². The summed E-state index contributed by atoms with van der Waals surface area (Å²) in [4.78, 5) is 0. The molecule has 0 unspecified atom stereocenters. The predicted molar refractivity (Wildman–Crippen MR) is 121 cm³/mol. The van der Waals surface area contributed by atoms with Crippen molar-refractivity contribution in [2.75, 3.05) is 0 Å². The molecule has 0 aliphatic heterocycles. The molecule has 0 radical (unpaired) electrons. The molecule has 128 valence electrons. The van der Waals surface area contributed by atoms with Crippen molar-refractivity contribution in [2.45, 2.75) is 19.6 Å². The van der Waals surface area contributed by atoms with Crippen LogP contribution in [0.2, 0.25) is 19.6 Å². The van der Waals surface area contributed by atoms with Crippen molar-refractivity contribution >= 4 is 72.9 Å². The predicted octanol–water partition coefficient (Wildman–Crippen LogP) is 6.56. The van der Waals surface area contributed by atoms with E-state index >= 15 is 0 Å². The highest BCUT2D eigenvalue weighted by atomic mass is 28.3. The molecule has 0 atom stereocenters. The topological polar surface area (TPSA) is 4.41 Å². The van der Waals surface area contributed by atoms with E-state index in [1.807, 2.05) is 0 Å². The Morgan fingerprint density at radius 3 is 2.00 bits per heavy atom. The van der Waals surface area contributed by atoms with Crippen LogP contribution >= 0.6 is 0 Å². The number of hydrogen-bond acceptors (Lipinski definition) is 0. The summed E-state index contributed by atoms with van der Waals surface area (Å²) in [6.45, 7) is 7.36. The van der Waals surface area contributed by atoms with Gasteiger partial charge in [-0.2, -0.15) is 0 Å². The molecule has 0 aliphatic carbocycles. The third-order valence-electron chi connectivity index (χ3n) is 6.55. The number of para-hydroxylation sites is 1. The molecule has 2 heteroatoms. The molecule has 3 heterocycles.